The Kier molecular flexibility index (Phi) is 2.08. The molecule has 44 valence electrons. The molecule has 1 aliphatic carbocycles. The Morgan fingerprint density at radius 2 is 2.50 bits per heavy atom. The summed E-state index contributed by atoms with van der Waals surface area (Å²) < 4.78 is 1.30. The van der Waals surface area contributed by atoms with Crippen LogP contribution < -0.4 is 5.73 Å². The molecule has 0 bridgehead atoms. The molecule has 0 fully saturated rings. The molecule has 2 N–H and O–H groups in total. The standard InChI is InChI=1S/C6H8IN/c7-5-1-3-6(8)4-2-5/h1-3,6H,4,8H2. The van der Waals surface area contributed by atoms with E-state index in [4.69, 9.17) is 5.73 Å². The van der Waals surface area contributed by atoms with Crippen LogP contribution in [-0.2, 0) is 0 Å². The van der Waals surface area contributed by atoms with Crippen molar-refractivity contribution in [1.29, 1.82) is 0 Å². The van der Waals surface area contributed by atoms with E-state index >= 15 is 0 Å². The SMILES string of the molecule is NC1C=CC(I)=CC1. The summed E-state index contributed by atoms with van der Waals surface area (Å²) in [5.41, 5.74) is 5.56. The Morgan fingerprint density at radius 1 is 1.75 bits per heavy atom. The molecule has 0 heterocycles. The van der Waals surface area contributed by atoms with Gasteiger partial charge in [-0.1, -0.05) is 18.2 Å². The predicted octanol–water partition coefficient (Wildman–Crippen LogP) is 1.59. The molecule has 0 amide bonds. The molecule has 2 heteroatoms. The van der Waals surface area contributed by atoms with E-state index in [1.165, 1.54) is 3.58 Å². The average molecular weight is 221 g/mol. The van der Waals surface area contributed by atoms with E-state index in [1.807, 2.05) is 6.08 Å². The molecular weight excluding hydrogens is 213 g/mol. The summed E-state index contributed by atoms with van der Waals surface area (Å²) in [6.07, 6.45) is 7.22. The lowest BCUT2D eigenvalue weighted by atomic mass is 10.1. The van der Waals surface area contributed by atoms with E-state index < -0.39 is 0 Å². The van der Waals surface area contributed by atoms with Gasteiger partial charge in [-0.25, -0.2) is 0 Å². The van der Waals surface area contributed by atoms with Crippen LogP contribution in [0.5, 0.6) is 0 Å². The first kappa shape index (κ1) is 6.29. The molecule has 1 rings (SSSR count). The zero-order valence-electron chi connectivity index (χ0n) is 4.47. The van der Waals surface area contributed by atoms with Gasteiger partial charge in [0.1, 0.15) is 0 Å². The van der Waals surface area contributed by atoms with Gasteiger partial charge in [0.05, 0.1) is 0 Å². The van der Waals surface area contributed by atoms with Crippen molar-refractivity contribution >= 4 is 22.6 Å². The van der Waals surface area contributed by atoms with Crippen molar-refractivity contribution in [1.82, 2.24) is 0 Å². The molecule has 0 saturated carbocycles. The maximum atomic E-state index is 5.56. The zero-order chi connectivity index (χ0) is 5.98. The lowest BCUT2D eigenvalue weighted by Gasteiger charge is -2.06. The number of rotatable bonds is 0. The smallest absolute Gasteiger partial charge is 0.0262 e. The minimum Gasteiger partial charge on any atom is -0.324 e. The first-order valence-corrected chi connectivity index (χ1v) is 3.66. The quantitative estimate of drug-likeness (QED) is 0.617. The van der Waals surface area contributed by atoms with Gasteiger partial charge in [0, 0.05) is 9.62 Å². The van der Waals surface area contributed by atoms with Crippen molar-refractivity contribution in [2.24, 2.45) is 5.73 Å². The molecule has 0 aromatic rings. The number of halogens is 1. The molecule has 1 unspecified atom stereocenters. The van der Waals surface area contributed by atoms with Gasteiger partial charge in [-0.05, 0) is 29.0 Å². The minimum absolute atomic E-state index is 0.258. The van der Waals surface area contributed by atoms with Crippen molar-refractivity contribution < 1.29 is 0 Å². The monoisotopic (exact) mass is 221 g/mol. The maximum Gasteiger partial charge on any atom is 0.0262 e. The third-order valence-electron chi connectivity index (χ3n) is 1.09. The molecule has 0 spiro atoms. The van der Waals surface area contributed by atoms with Crippen molar-refractivity contribution in [3.63, 3.8) is 0 Å². The number of nitrogens with two attached hydrogens (primary N) is 1. The Morgan fingerprint density at radius 3 is 2.88 bits per heavy atom. The van der Waals surface area contributed by atoms with Crippen molar-refractivity contribution in [3.05, 3.63) is 21.8 Å². The van der Waals surface area contributed by atoms with Crippen molar-refractivity contribution in [2.45, 2.75) is 12.5 Å². The summed E-state index contributed by atoms with van der Waals surface area (Å²) in [5, 5.41) is 0. The third kappa shape index (κ3) is 1.59. The van der Waals surface area contributed by atoms with Crippen LogP contribution in [0.3, 0.4) is 0 Å². The van der Waals surface area contributed by atoms with Gasteiger partial charge >= 0.3 is 0 Å². The molecule has 0 aromatic carbocycles. The summed E-state index contributed by atoms with van der Waals surface area (Å²) in [6.45, 7) is 0. The van der Waals surface area contributed by atoms with Crippen LogP contribution in [0.1, 0.15) is 6.42 Å². The Bertz CT molecular complexity index is 137. The highest BCUT2D eigenvalue weighted by Crippen LogP contribution is 2.14. The molecule has 1 aliphatic rings. The van der Waals surface area contributed by atoms with Gasteiger partial charge in [-0.15, -0.1) is 0 Å². The highest BCUT2D eigenvalue weighted by Gasteiger charge is 1.98. The largest absolute Gasteiger partial charge is 0.324 e. The second-order valence-corrected chi connectivity index (χ2v) is 3.09. The molecule has 0 aromatic heterocycles. The zero-order valence-corrected chi connectivity index (χ0v) is 6.63. The number of allylic oxidation sites excluding steroid dienone is 2. The van der Waals surface area contributed by atoms with Gasteiger partial charge in [-0.2, -0.15) is 0 Å². The summed E-state index contributed by atoms with van der Waals surface area (Å²) in [4.78, 5) is 0. The third-order valence-corrected chi connectivity index (χ3v) is 1.89. The molecular formula is C6H8IN. The average Bonchev–Trinajstić information content (AvgIpc) is 1.77. The van der Waals surface area contributed by atoms with Crippen LogP contribution in [0, 0.1) is 0 Å². The van der Waals surface area contributed by atoms with Crippen molar-refractivity contribution in [3.8, 4) is 0 Å². The molecule has 0 aliphatic heterocycles. The molecule has 0 radical (unpaired) electrons. The first-order chi connectivity index (χ1) is 3.79. The van der Waals surface area contributed by atoms with E-state index in [0.29, 0.717) is 0 Å². The van der Waals surface area contributed by atoms with E-state index in [-0.39, 0.29) is 6.04 Å². The van der Waals surface area contributed by atoms with Crippen LogP contribution in [0.4, 0.5) is 0 Å². The lowest BCUT2D eigenvalue weighted by Crippen LogP contribution is -2.16. The highest BCUT2D eigenvalue weighted by atomic mass is 127. The van der Waals surface area contributed by atoms with E-state index in [1.54, 1.807) is 0 Å². The fraction of sp³-hybridized carbons (Fsp3) is 0.333. The van der Waals surface area contributed by atoms with Crippen LogP contribution in [0.2, 0.25) is 0 Å². The first-order valence-electron chi connectivity index (χ1n) is 2.58. The van der Waals surface area contributed by atoms with E-state index in [0.717, 1.165) is 6.42 Å². The highest BCUT2D eigenvalue weighted by molar-refractivity contribution is 14.1. The maximum absolute atomic E-state index is 5.56. The lowest BCUT2D eigenvalue weighted by molar-refractivity contribution is 0.825. The summed E-state index contributed by atoms with van der Waals surface area (Å²) in [5.74, 6) is 0. The second-order valence-electron chi connectivity index (χ2n) is 1.85. The van der Waals surface area contributed by atoms with Gasteiger partial charge in [-0.3, -0.25) is 0 Å². The van der Waals surface area contributed by atoms with Gasteiger partial charge < -0.3 is 5.73 Å². The summed E-state index contributed by atoms with van der Waals surface area (Å²) >= 11 is 2.29. The van der Waals surface area contributed by atoms with Crippen LogP contribution >= 0.6 is 22.6 Å². The topological polar surface area (TPSA) is 26.0 Å². The Balaban J connectivity index is 2.58. The van der Waals surface area contributed by atoms with E-state index in [9.17, 15) is 0 Å². The summed E-state index contributed by atoms with van der Waals surface area (Å²) in [6, 6.07) is 0.258. The minimum atomic E-state index is 0.258. The molecule has 0 saturated heterocycles. The van der Waals surface area contributed by atoms with Gasteiger partial charge in [0.2, 0.25) is 0 Å². The molecule has 1 nitrogen and oxygen atoms in total. The molecule has 8 heavy (non-hydrogen) atoms. The predicted molar refractivity (Wildman–Crippen MR) is 43.8 cm³/mol. The summed E-state index contributed by atoms with van der Waals surface area (Å²) in [7, 11) is 0. The number of hydrogen-bond acceptors (Lipinski definition) is 1. The molecule has 1 atom stereocenters. The Labute approximate surface area is 62.8 Å². The van der Waals surface area contributed by atoms with E-state index in [2.05, 4.69) is 34.7 Å². The van der Waals surface area contributed by atoms with Crippen LogP contribution in [0.15, 0.2) is 21.8 Å². The second kappa shape index (κ2) is 2.64. The fourth-order valence-corrected chi connectivity index (χ4v) is 1.07. The van der Waals surface area contributed by atoms with Crippen LogP contribution in [0.25, 0.3) is 0 Å². The fourth-order valence-electron chi connectivity index (χ4n) is 0.611. The number of hydrogen-bond donors (Lipinski definition) is 1. The Hall–Kier alpha value is 0.170. The van der Waals surface area contributed by atoms with Crippen LogP contribution in [-0.4, -0.2) is 6.04 Å². The van der Waals surface area contributed by atoms with Crippen molar-refractivity contribution in [2.75, 3.05) is 0 Å². The normalized spacial score (nSPS) is 27.8. The van der Waals surface area contributed by atoms with Gasteiger partial charge in [0.25, 0.3) is 0 Å². The van der Waals surface area contributed by atoms with Gasteiger partial charge in [0.15, 0.2) is 0 Å².